The number of hydrogen-bond donors (Lipinski definition) is 3. The SMILES string of the molecule is CCOP(=O)(OCC)c1ccc2c(c1)/C(=C(/Nc1ccc(-c3c[nH]cn3)cc1)c1ccccc1)C(=O)N2. The van der Waals surface area contributed by atoms with E-state index in [9.17, 15) is 9.36 Å². The Labute approximate surface area is 215 Å². The average Bonchev–Trinajstić information content (AvgIpc) is 3.56. The lowest BCUT2D eigenvalue weighted by Gasteiger charge is -2.18. The van der Waals surface area contributed by atoms with Gasteiger partial charge >= 0.3 is 7.60 Å². The minimum atomic E-state index is -3.54. The molecule has 0 saturated heterocycles. The maximum absolute atomic E-state index is 13.5. The Hall–Kier alpha value is -3.97. The third-order valence-corrected chi connectivity index (χ3v) is 8.03. The van der Waals surface area contributed by atoms with Gasteiger partial charge in [0.05, 0.1) is 41.8 Å². The molecule has 37 heavy (non-hydrogen) atoms. The molecule has 1 aromatic heterocycles. The van der Waals surface area contributed by atoms with Crippen LogP contribution in [0.4, 0.5) is 11.4 Å². The summed E-state index contributed by atoms with van der Waals surface area (Å²) < 4.78 is 24.6. The summed E-state index contributed by atoms with van der Waals surface area (Å²) in [5.74, 6) is -0.255. The highest BCUT2D eigenvalue weighted by Crippen LogP contribution is 2.48. The number of benzene rings is 3. The molecule has 0 spiro atoms. The summed E-state index contributed by atoms with van der Waals surface area (Å²) in [6, 6.07) is 22.6. The number of fused-ring (bicyclic) bond motifs is 1. The van der Waals surface area contributed by atoms with Gasteiger partial charge in [-0.2, -0.15) is 0 Å². The number of H-pyrrole nitrogens is 1. The molecule has 9 heteroatoms. The molecular weight excluding hydrogens is 487 g/mol. The zero-order valence-corrected chi connectivity index (χ0v) is 21.4. The molecule has 0 unspecified atom stereocenters. The van der Waals surface area contributed by atoms with E-state index in [1.165, 1.54) is 0 Å². The van der Waals surface area contributed by atoms with Gasteiger partial charge in [0.15, 0.2) is 0 Å². The van der Waals surface area contributed by atoms with Crippen molar-refractivity contribution in [1.82, 2.24) is 9.97 Å². The van der Waals surface area contributed by atoms with Gasteiger partial charge in [-0.15, -0.1) is 0 Å². The molecular formula is C28H27N4O4P. The molecule has 0 aliphatic carbocycles. The van der Waals surface area contributed by atoms with Crippen LogP contribution in [0, 0.1) is 0 Å². The predicted molar refractivity (Wildman–Crippen MR) is 146 cm³/mol. The quantitative estimate of drug-likeness (QED) is 0.190. The van der Waals surface area contributed by atoms with Gasteiger partial charge < -0.3 is 24.7 Å². The number of nitrogens with zero attached hydrogens (tertiary/aromatic N) is 1. The molecule has 0 saturated carbocycles. The molecule has 1 amide bonds. The van der Waals surface area contributed by atoms with E-state index in [2.05, 4.69) is 20.6 Å². The van der Waals surface area contributed by atoms with Crippen LogP contribution in [0.5, 0.6) is 0 Å². The van der Waals surface area contributed by atoms with Crippen LogP contribution in [0.15, 0.2) is 85.3 Å². The largest absolute Gasteiger partial charge is 0.361 e. The van der Waals surface area contributed by atoms with Crippen LogP contribution >= 0.6 is 7.60 Å². The van der Waals surface area contributed by atoms with Crippen LogP contribution < -0.4 is 15.9 Å². The lowest BCUT2D eigenvalue weighted by Crippen LogP contribution is -2.12. The zero-order chi connectivity index (χ0) is 25.8. The van der Waals surface area contributed by atoms with Crippen LogP contribution in [-0.2, 0) is 18.4 Å². The smallest absolute Gasteiger partial charge is 0.354 e. The van der Waals surface area contributed by atoms with Gasteiger partial charge in [0.2, 0.25) is 0 Å². The van der Waals surface area contributed by atoms with Crippen molar-refractivity contribution in [1.29, 1.82) is 0 Å². The van der Waals surface area contributed by atoms with Crippen molar-refractivity contribution in [2.75, 3.05) is 23.8 Å². The number of imidazole rings is 1. The van der Waals surface area contributed by atoms with Crippen molar-refractivity contribution in [2.24, 2.45) is 0 Å². The number of carbonyl (C=O) groups is 1. The molecule has 3 N–H and O–H groups in total. The lowest BCUT2D eigenvalue weighted by molar-refractivity contribution is -0.110. The van der Waals surface area contributed by atoms with Crippen LogP contribution in [-0.4, -0.2) is 29.1 Å². The van der Waals surface area contributed by atoms with Crippen molar-refractivity contribution >= 4 is 41.5 Å². The number of rotatable bonds is 9. The molecule has 0 radical (unpaired) electrons. The Balaban J connectivity index is 1.61. The number of amides is 1. The maximum atomic E-state index is 13.5. The van der Waals surface area contributed by atoms with Gasteiger partial charge in [0.25, 0.3) is 5.91 Å². The molecule has 1 aliphatic rings. The van der Waals surface area contributed by atoms with E-state index in [1.807, 2.05) is 60.8 Å². The van der Waals surface area contributed by atoms with E-state index in [1.54, 1.807) is 38.4 Å². The van der Waals surface area contributed by atoms with Gasteiger partial charge in [-0.3, -0.25) is 9.36 Å². The average molecular weight is 515 g/mol. The second-order valence-corrected chi connectivity index (χ2v) is 10.3. The lowest BCUT2D eigenvalue weighted by atomic mass is 10.00. The Morgan fingerprint density at radius 2 is 1.70 bits per heavy atom. The third kappa shape index (κ3) is 5.00. The predicted octanol–water partition coefficient (Wildman–Crippen LogP) is 5.90. The Kier molecular flexibility index (Phi) is 7.06. The highest BCUT2D eigenvalue weighted by molar-refractivity contribution is 7.62. The van der Waals surface area contributed by atoms with E-state index < -0.39 is 7.60 Å². The monoisotopic (exact) mass is 514 g/mol. The molecule has 0 fully saturated rings. The van der Waals surface area contributed by atoms with Gasteiger partial charge in [0.1, 0.15) is 0 Å². The van der Waals surface area contributed by atoms with Gasteiger partial charge in [-0.05, 0) is 49.7 Å². The number of nitrogens with one attached hydrogen (secondary N) is 3. The van der Waals surface area contributed by atoms with E-state index in [0.717, 1.165) is 22.5 Å². The van der Waals surface area contributed by atoms with Gasteiger partial charge in [0, 0.05) is 28.7 Å². The van der Waals surface area contributed by atoms with E-state index >= 15 is 0 Å². The zero-order valence-electron chi connectivity index (χ0n) is 20.5. The summed E-state index contributed by atoms with van der Waals surface area (Å²) in [5, 5.41) is 6.79. The number of aromatic nitrogens is 2. The second-order valence-electron chi connectivity index (χ2n) is 8.29. The first-order chi connectivity index (χ1) is 18.0. The van der Waals surface area contributed by atoms with Crippen LogP contribution in [0.3, 0.4) is 0 Å². The van der Waals surface area contributed by atoms with Crippen molar-refractivity contribution in [3.05, 3.63) is 96.4 Å². The number of anilines is 2. The normalized spacial score (nSPS) is 14.3. The minimum absolute atomic E-state index is 0.235. The van der Waals surface area contributed by atoms with Gasteiger partial charge in [-0.1, -0.05) is 42.5 Å². The van der Waals surface area contributed by atoms with Crippen molar-refractivity contribution in [3.63, 3.8) is 0 Å². The second kappa shape index (κ2) is 10.6. The molecule has 0 bridgehead atoms. The summed E-state index contributed by atoms with van der Waals surface area (Å²) >= 11 is 0. The van der Waals surface area contributed by atoms with Crippen LogP contribution in [0.1, 0.15) is 25.0 Å². The fourth-order valence-electron chi connectivity index (χ4n) is 4.27. The summed E-state index contributed by atoms with van der Waals surface area (Å²) in [5.41, 5.74) is 5.78. The molecule has 3 aromatic carbocycles. The van der Waals surface area contributed by atoms with Gasteiger partial charge in [-0.25, -0.2) is 4.98 Å². The van der Waals surface area contributed by atoms with Crippen molar-refractivity contribution < 1.29 is 18.4 Å². The minimum Gasteiger partial charge on any atom is -0.354 e. The Bertz CT molecular complexity index is 1470. The summed E-state index contributed by atoms with van der Waals surface area (Å²) in [7, 11) is -3.54. The molecule has 5 rings (SSSR count). The number of aromatic amines is 1. The first-order valence-corrected chi connectivity index (χ1v) is 13.6. The number of hydrogen-bond acceptors (Lipinski definition) is 6. The summed E-state index contributed by atoms with van der Waals surface area (Å²) in [6.45, 7) is 4.01. The fourth-order valence-corrected chi connectivity index (χ4v) is 5.87. The Morgan fingerprint density at radius 3 is 2.35 bits per heavy atom. The molecule has 4 aromatic rings. The molecule has 1 aliphatic heterocycles. The van der Waals surface area contributed by atoms with E-state index in [0.29, 0.717) is 27.8 Å². The number of carbonyl (C=O) groups excluding carboxylic acids is 1. The fraction of sp³-hybridized carbons (Fsp3) is 0.143. The van der Waals surface area contributed by atoms with Crippen LogP contribution in [0.2, 0.25) is 0 Å². The first kappa shape index (κ1) is 24.7. The molecule has 2 heterocycles. The maximum Gasteiger partial charge on any atom is 0.361 e. The summed E-state index contributed by atoms with van der Waals surface area (Å²) in [4.78, 5) is 20.6. The van der Waals surface area contributed by atoms with Crippen molar-refractivity contribution in [2.45, 2.75) is 13.8 Å². The van der Waals surface area contributed by atoms with E-state index in [-0.39, 0.29) is 19.1 Å². The highest BCUT2D eigenvalue weighted by atomic mass is 31.2. The summed E-state index contributed by atoms with van der Waals surface area (Å²) in [6.07, 6.45) is 3.47. The third-order valence-electron chi connectivity index (χ3n) is 5.92. The van der Waals surface area contributed by atoms with Crippen molar-refractivity contribution in [3.8, 4) is 11.3 Å². The van der Waals surface area contributed by atoms with Crippen LogP contribution in [0.25, 0.3) is 22.5 Å². The molecule has 8 nitrogen and oxygen atoms in total. The topological polar surface area (TPSA) is 105 Å². The first-order valence-electron chi connectivity index (χ1n) is 12.0. The molecule has 0 atom stereocenters. The standard InChI is InChI=1S/C28H27N4O4P/c1-3-35-37(34,36-4-2)22-14-15-24-23(16-22)26(28(33)32-24)27(20-8-6-5-7-9-20)31-21-12-10-19(11-13-21)25-17-29-18-30-25/h5-18,31H,3-4H2,1-2H3,(H,29,30)(H,32,33)/b27-26-. The highest BCUT2D eigenvalue weighted by Gasteiger charge is 2.33. The Morgan fingerprint density at radius 1 is 0.973 bits per heavy atom. The molecule has 188 valence electrons. The van der Waals surface area contributed by atoms with E-state index in [4.69, 9.17) is 9.05 Å².